The molecule has 0 atom stereocenters. The van der Waals surface area contributed by atoms with Crippen molar-refractivity contribution in [3.8, 4) is 0 Å². The number of carbonyl (C=O) groups is 1. The van der Waals surface area contributed by atoms with Gasteiger partial charge in [-0.15, -0.1) is 11.3 Å². The van der Waals surface area contributed by atoms with E-state index >= 15 is 0 Å². The summed E-state index contributed by atoms with van der Waals surface area (Å²) in [5.41, 5.74) is 2.30. The van der Waals surface area contributed by atoms with Gasteiger partial charge in [-0.2, -0.15) is 5.10 Å². The third kappa shape index (κ3) is 3.36. The number of fused-ring (bicyclic) bond motifs is 1. The smallest absolute Gasteiger partial charge is 0.221 e. The highest BCUT2D eigenvalue weighted by Gasteiger charge is 2.07. The molecular formula is C17H19N3OS. The predicted molar refractivity (Wildman–Crippen MR) is 90.1 cm³/mol. The zero-order valence-electron chi connectivity index (χ0n) is 12.6. The lowest BCUT2D eigenvalue weighted by atomic mass is 10.1. The van der Waals surface area contributed by atoms with E-state index in [1.165, 1.54) is 10.4 Å². The Bertz CT molecular complexity index is 761. The maximum Gasteiger partial charge on any atom is 0.221 e. The van der Waals surface area contributed by atoms with Crippen LogP contribution in [0.15, 0.2) is 41.9 Å². The summed E-state index contributed by atoms with van der Waals surface area (Å²) in [7, 11) is 0. The van der Waals surface area contributed by atoms with E-state index in [0.717, 1.165) is 17.3 Å². The molecule has 0 aliphatic rings. The highest BCUT2D eigenvalue weighted by Crippen LogP contribution is 2.17. The van der Waals surface area contributed by atoms with Crippen LogP contribution in [0.1, 0.15) is 16.9 Å². The highest BCUT2D eigenvalue weighted by atomic mass is 32.1. The van der Waals surface area contributed by atoms with Gasteiger partial charge < -0.3 is 5.32 Å². The van der Waals surface area contributed by atoms with Crippen molar-refractivity contribution in [1.29, 1.82) is 0 Å². The second-order valence-electron chi connectivity index (χ2n) is 5.30. The normalized spacial score (nSPS) is 11.0. The fourth-order valence-electron chi connectivity index (χ4n) is 2.50. The molecule has 0 spiro atoms. The van der Waals surface area contributed by atoms with Gasteiger partial charge in [-0.25, -0.2) is 0 Å². The molecular weight excluding hydrogens is 294 g/mol. The summed E-state index contributed by atoms with van der Waals surface area (Å²) in [6.45, 7) is 3.38. The van der Waals surface area contributed by atoms with Gasteiger partial charge in [-0.3, -0.25) is 9.48 Å². The average molecular weight is 313 g/mol. The predicted octanol–water partition coefficient (Wildman–Crippen LogP) is 3.16. The Morgan fingerprint density at radius 2 is 2.23 bits per heavy atom. The summed E-state index contributed by atoms with van der Waals surface area (Å²) in [5.74, 6) is 0.0767. The zero-order chi connectivity index (χ0) is 15.4. The molecule has 4 nitrogen and oxygen atoms in total. The molecule has 0 radical (unpaired) electrons. The van der Waals surface area contributed by atoms with Crippen LogP contribution in [0.5, 0.6) is 0 Å². The molecule has 3 rings (SSSR count). The molecule has 0 aliphatic carbocycles. The molecule has 0 aliphatic heterocycles. The van der Waals surface area contributed by atoms with Crippen LogP contribution in [-0.2, 0) is 17.8 Å². The largest absolute Gasteiger partial charge is 0.356 e. The summed E-state index contributed by atoms with van der Waals surface area (Å²) in [6.07, 6.45) is 3.22. The van der Waals surface area contributed by atoms with E-state index in [0.29, 0.717) is 19.5 Å². The van der Waals surface area contributed by atoms with Gasteiger partial charge in [-0.05, 0) is 36.4 Å². The quantitative estimate of drug-likeness (QED) is 0.760. The van der Waals surface area contributed by atoms with Crippen LogP contribution >= 0.6 is 11.3 Å². The molecule has 0 saturated carbocycles. The molecule has 2 heterocycles. The first-order valence-corrected chi connectivity index (χ1v) is 8.32. The van der Waals surface area contributed by atoms with E-state index in [4.69, 9.17) is 0 Å². The van der Waals surface area contributed by atoms with Gasteiger partial charge in [0.15, 0.2) is 0 Å². The Labute approximate surface area is 133 Å². The first-order chi connectivity index (χ1) is 10.7. The number of benzene rings is 1. The first-order valence-electron chi connectivity index (χ1n) is 7.44. The summed E-state index contributed by atoms with van der Waals surface area (Å²) in [6, 6.07) is 10.3. The van der Waals surface area contributed by atoms with Gasteiger partial charge in [0.2, 0.25) is 5.91 Å². The second kappa shape index (κ2) is 6.75. The molecule has 0 unspecified atom stereocenters. The number of nitrogens with zero attached hydrogens (tertiary/aromatic N) is 2. The molecule has 1 aromatic carbocycles. The van der Waals surface area contributed by atoms with E-state index < -0.39 is 0 Å². The number of carbonyl (C=O) groups excluding carboxylic acids is 1. The number of hydrogen-bond acceptors (Lipinski definition) is 3. The van der Waals surface area contributed by atoms with Crippen molar-refractivity contribution in [3.05, 3.63) is 52.3 Å². The van der Waals surface area contributed by atoms with Crippen molar-refractivity contribution < 1.29 is 4.79 Å². The third-order valence-electron chi connectivity index (χ3n) is 3.73. The van der Waals surface area contributed by atoms with Crippen LogP contribution in [0.3, 0.4) is 0 Å². The van der Waals surface area contributed by atoms with Crippen molar-refractivity contribution in [3.63, 3.8) is 0 Å². The maximum atomic E-state index is 11.9. The number of rotatable bonds is 6. The molecule has 0 bridgehead atoms. The Morgan fingerprint density at radius 1 is 1.32 bits per heavy atom. The number of aryl methyl sites for hydroxylation is 2. The lowest BCUT2D eigenvalue weighted by Gasteiger charge is -2.06. The van der Waals surface area contributed by atoms with Gasteiger partial charge in [0, 0.05) is 23.2 Å². The highest BCUT2D eigenvalue weighted by molar-refractivity contribution is 7.09. The van der Waals surface area contributed by atoms with Gasteiger partial charge in [0.1, 0.15) is 0 Å². The minimum absolute atomic E-state index is 0.0767. The van der Waals surface area contributed by atoms with Crippen molar-refractivity contribution in [2.75, 3.05) is 6.54 Å². The average Bonchev–Trinajstić information content (AvgIpc) is 3.15. The molecule has 3 aromatic rings. The van der Waals surface area contributed by atoms with Gasteiger partial charge in [0.05, 0.1) is 18.3 Å². The second-order valence-corrected chi connectivity index (χ2v) is 6.34. The van der Waals surface area contributed by atoms with Crippen LogP contribution < -0.4 is 5.32 Å². The summed E-state index contributed by atoms with van der Waals surface area (Å²) in [5, 5.41) is 10.6. The number of amides is 1. The standard InChI is InChI=1S/C17H19N3OS/c1-13-4-2-6-16-15(13)12-19-20(16)10-8-17(21)18-9-7-14-5-3-11-22-14/h2-6,11-12H,7-10H2,1H3,(H,18,21). The van der Waals surface area contributed by atoms with Crippen LogP contribution in [-0.4, -0.2) is 22.2 Å². The lowest BCUT2D eigenvalue weighted by molar-refractivity contribution is -0.121. The van der Waals surface area contributed by atoms with E-state index in [9.17, 15) is 4.79 Å². The van der Waals surface area contributed by atoms with Crippen LogP contribution in [0, 0.1) is 6.92 Å². The minimum atomic E-state index is 0.0767. The minimum Gasteiger partial charge on any atom is -0.356 e. The van der Waals surface area contributed by atoms with Crippen LogP contribution in [0.25, 0.3) is 10.9 Å². The number of thiophene rings is 1. The monoisotopic (exact) mass is 313 g/mol. The molecule has 0 saturated heterocycles. The number of nitrogens with one attached hydrogen (secondary N) is 1. The summed E-state index contributed by atoms with van der Waals surface area (Å²) >= 11 is 1.72. The zero-order valence-corrected chi connectivity index (χ0v) is 13.4. The molecule has 0 fully saturated rings. The fourth-order valence-corrected chi connectivity index (χ4v) is 3.21. The van der Waals surface area contributed by atoms with E-state index in [1.807, 2.05) is 29.1 Å². The van der Waals surface area contributed by atoms with Gasteiger partial charge in [0.25, 0.3) is 0 Å². The van der Waals surface area contributed by atoms with Crippen LogP contribution in [0.4, 0.5) is 0 Å². The molecule has 5 heteroatoms. The molecule has 2 aromatic heterocycles. The summed E-state index contributed by atoms with van der Waals surface area (Å²) < 4.78 is 1.90. The lowest BCUT2D eigenvalue weighted by Crippen LogP contribution is -2.26. The van der Waals surface area contributed by atoms with Crippen molar-refractivity contribution in [2.24, 2.45) is 0 Å². The van der Waals surface area contributed by atoms with Crippen molar-refractivity contribution in [1.82, 2.24) is 15.1 Å². The summed E-state index contributed by atoms with van der Waals surface area (Å²) in [4.78, 5) is 13.2. The number of hydrogen-bond donors (Lipinski definition) is 1. The third-order valence-corrected chi connectivity index (χ3v) is 4.67. The van der Waals surface area contributed by atoms with Crippen molar-refractivity contribution >= 4 is 28.1 Å². The Kier molecular flexibility index (Phi) is 4.53. The molecule has 1 amide bonds. The number of aromatic nitrogens is 2. The Hall–Kier alpha value is -2.14. The molecule has 22 heavy (non-hydrogen) atoms. The Balaban J connectivity index is 1.51. The van der Waals surface area contributed by atoms with Crippen LogP contribution in [0.2, 0.25) is 0 Å². The maximum absolute atomic E-state index is 11.9. The molecule has 1 N–H and O–H groups in total. The first kappa shape index (κ1) is 14.8. The topological polar surface area (TPSA) is 46.9 Å². The van der Waals surface area contributed by atoms with E-state index in [-0.39, 0.29) is 5.91 Å². The SMILES string of the molecule is Cc1cccc2c1cnn2CCC(=O)NCCc1cccs1. The Morgan fingerprint density at radius 3 is 3.05 bits per heavy atom. The van der Waals surface area contributed by atoms with E-state index in [2.05, 4.69) is 34.9 Å². The van der Waals surface area contributed by atoms with E-state index in [1.54, 1.807) is 11.3 Å². The van der Waals surface area contributed by atoms with Gasteiger partial charge in [-0.1, -0.05) is 18.2 Å². The molecule has 114 valence electrons. The van der Waals surface area contributed by atoms with Crippen molar-refractivity contribution in [2.45, 2.75) is 26.3 Å². The van der Waals surface area contributed by atoms with Gasteiger partial charge >= 0.3 is 0 Å². The fraction of sp³-hybridized carbons (Fsp3) is 0.294.